The Morgan fingerprint density at radius 2 is 2.08 bits per heavy atom. The van der Waals surface area contributed by atoms with Crippen molar-refractivity contribution >= 4 is 17.8 Å². The van der Waals surface area contributed by atoms with Gasteiger partial charge in [-0.3, -0.25) is 4.79 Å². The molecule has 25 heavy (non-hydrogen) atoms. The number of carbonyl (C=O) groups is 2. The first-order chi connectivity index (χ1) is 12.0. The van der Waals surface area contributed by atoms with Gasteiger partial charge in [-0.25, -0.2) is 4.39 Å². The number of hydrogen-bond donors (Lipinski definition) is 0. The Balaban J connectivity index is 2.27. The van der Waals surface area contributed by atoms with Gasteiger partial charge in [0.1, 0.15) is 6.29 Å². The van der Waals surface area contributed by atoms with Gasteiger partial charge in [-0.15, -0.1) is 6.58 Å². The second-order valence-electron chi connectivity index (χ2n) is 5.91. The molecule has 1 aliphatic rings. The molecule has 0 amide bonds. The van der Waals surface area contributed by atoms with Crippen molar-refractivity contribution in [1.82, 2.24) is 0 Å². The molecule has 0 saturated carbocycles. The Bertz CT molecular complexity index is 683. The van der Waals surface area contributed by atoms with E-state index in [2.05, 4.69) is 6.58 Å². The second-order valence-corrected chi connectivity index (χ2v) is 5.91. The monoisotopic (exact) mass is 343 g/mol. The summed E-state index contributed by atoms with van der Waals surface area (Å²) in [5.74, 6) is -1.90. The lowest BCUT2D eigenvalue weighted by molar-refractivity contribution is -0.116. The van der Waals surface area contributed by atoms with Crippen molar-refractivity contribution in [2.24, 2.45) is 5.92 Å². The van der Waals surface area contributed by atoms with Crippen LogP contribution in [0.25, 0.3) is 0 Å². The third-order valence-electron chi connectivity index (χ3n) is 4.17. The summed E-state index contributed by atoms with van der Waals surface area (Å²) in [4.78, 5) is 24.5. The molecule has 0 spiro atoms. The van der Waals surface area contributed by atoms with Gasteiger partial charge in [0, 0.05) is 24.7 Å². The molecule has 4 nitrogen and oxygen atoms in total. The van der Waals surface area contributed by atoms with Crippen molar-refractivity contribution in [1.29, 1.82) is 0 Å². The normalized spacial score (nSPS) is 20.7. The summed E-state index contributed by atoms with van der Waals surface area (Å²) < 4.78 is 20.0. The molecule has 1 aliphatic carbocycles. The fraction of sp³-hybridized carbons (Fsp3) is 0.300. The van der Waals surface area contributed by atoms with E-state index in [1.165, 1.54) is 6.08 Å². The Morgan fingerprint density at radius 1 is 1.36 bits per heavy atom. The summed E-state index contributed by atoms with van der Waals surface area (Å²) >= 11 is 0. The molecule has 132 valence electrons. The van der Waals surface area contributed by atoms with Crippen LogP contribution in [0.2, 0.25) is 0 Å². The van der Waals surface area contributed by atoms with Gasteiger partial charge in [0.15, 0.2) is 11.6 Å². The van der Waals surface area contributed by atoms with E-state index >= 15 is 0 Å². The minimum absolute atomic E-state index is 0.108. The number of para-hydroxylation sites is 1. The van der Waals surface area contributed by atoms with E-state index in [0.717, 1.165) is 24.1 Å². The molecular weight excluding hydrogens is 321 g/mol. The Hall–Kier alpha value is -2.53. The molecule has 0 aliphatic heterocycles. The predicted octanol–water partition coefficient (Wildman–Crippen LogP) is 3.61. The standard InChI is InChI=1S/C20H22FNO3/c1-3-4-8-16(14-23)15-25-20(12-11-19(24)18(21)13-20)22(2)17-9-6-5-7-10-17/h3,5-7,9-14,16H,1,4,8,15H2,2H3. The molecule has 1 aromatic rings. The van der Waals surface area contributed by atoms with E-state index in [1.54, 1.807) is 18.0 Å². The highest BCUT2D eigenvalue weighted by atomic mass is 19.1. The molecule has 0 fully saturated rings. The van der Waals surface area contributed by atoms with Crippen molar-refractivity contribution < 1.29 is 18.7 Å². The number of nitrogens with zero attached hydrogens (tertiary/aromatic N) is 1. The van der Waals surface area contributed by atoms with Crippen LogP contribution < -0.4 is 4.90 Å². The summed E-state index contributed by atoms with van der Waals surface area (Å²) in [5.41, 5.74) is -0.478. The molecule has 0 N–H and O–H groups in total. The minimum Gasteiger partial charge on any atom is -0.347 e. The third-order valence-corrected chi connectivity index (χ3v) is 4.17. The van der Waals surface area contributed by atoms with E-state index in [1.807, 2.05) is 30.3 Å². The van der Waals surface area contributed by atoms with Crippen molar-refractivity contribution in [2.75, 3.05) is 18.6 Å². The third kappa shape index (κ3) is 4.51. The fourth-order valence-corrected chi connectivity index (χ4v) is 2.59. The zero-order valence-electron chi connectivity index (χ0n) is 14.2. The van der Waals surface area contributed by atoms with E-state index in [0.29, 0.717) is 12.8 Å². The number of benzene rings is 1. The number of rotatable bonds is 9. The highest BCUT2D eigenvalue weighted by molar-refractivity contribution is 6.03. The average Bonchev–Trinajstić information content (AvgIpc) is 2.65. The number of aldehydes is 1. The van der Waals surface area contributed by atoms with Gasteiger partial charge >= 0.3 is 0 Å². The van der Waals surface area contributed by atoms with Gasteiger partial charge in [0.2, 0.25) is 5.78 Å². The Kier molecular flexibility index (Phi) is 6.42. The Labute approximate surface area is 147 Å². The fourth-order valence-electron chi connectivity index (χ4n) is 2.59. The van der Waals surface area contributed by atoms with Gasteiger partial charge in [-0.1, -0.05) is 24.3 Å². The summed E-state index contributed by atoms with van der Waals surface area (Å²) in [6, 6.07) is 9.30. The van der Waals surface area contributed by atoms with Crippen LogP contribution in [-0.2, 0) is 14.3 Å². The van der Waals surface area contributed by atoms with Crippen molar-refractivity contribution in [3.8, 4) is 0 Å². The molecule has 0 aromatic heterocycles. The first-order valence-electron chi connectivity index (χ1n) is 8.13. The number of ether oxygens (including phenoxy) is 1. The van der Waals surface area contributed by atoms with Crippen molar-refractivity contribution in [2.45, 2.75) is 18.6 Å². The van der Waals surface area contributed by atoms with Crippen LogP contribution in [-0.4, -0.2) is 31.4 Å². The van der Waals surface area contributed by atoms with Crippen LogP contribution in [0, 0.1) is 5.92 Å². The van der Waals surface area contributed by atoms with E-state index in [-0.39, 0.29) is 12.5 Å². The summed E-state index contributed by atoms with van der Waals surface area (Å²) in [6.07, 6.45) is 7.69. The van der Waals surface area contributed by atoms with Crippen LogP contribution in [0.1, 0.15) is 12.8 Å². The zero-order chi connectivity index (χ0) is 18.3. The van der Waals surface area contributed by atoms with Crippen LogP contribution in [0.15, 0.2) is 67.0 Å². The van der Waals surface area contributed by atoms with Crippen LogP contribution in [0.4, 0.5) is 10.1 Å². The van der Waals surface area contributed by atoms with Crippen LogP contribution >= 0.6 is 0 Å². The number of halogens is 1. The number of anilines is 1. The molecule has 0 saturated heterocycles. The van der Waals surface area contributed by atoms with Gasteiger partial charge in [-0.2, -0.15) is 0 Å². The van der Waals surface area contributed by atoms with Gasteiger partial charge in [0.25, 0.3) is 0 Å². The SMILES string of the molecule is C=CCCC(C=O)COC1(N(C)c2ccccc2)C=CC(=O)C(F)=C1. The largest absolute Gasteiger partial charge is 0.347 e. The number of hydrogen-bond acceptors (Lipinski definition) is 4. The van der Waals surface area contributed by atoms with E-state index in [4.69, 9.17) is 4.74 Å². The van der Waals surface area contributed by atoms with Crippen LogP contribution in [0.5, 0.6) is 0 Å². The van der Waals surface area contributed by atoms with Gasteiger partial charge < -0.3 is 14.4 Å². The van der Waals surface area contributed by atoms with Crippen molar-refractivity contribution in [3.05, 3.63) is 67.0 Å². The number of likely N-dealkylation sites (N-methyl/N-ethyl adjacent to an activating group) is 1. The summed E-state index contributed by atoms with van der Waals surface area (Å²) in [5, 5.41) is 0. The molecule has 2 unspecified atom stereocenters. The predicted molar refractivity (Wildman–Crippen MR) is 95.9 cm³/mol. The molecule has 2 rings (SSSR count). The second kappa shape index (κ2) is 8.53. The molecule has 1 aromatic carbocycles. The first kappa shape index (κ1) is 18.8. The average molecular weight is 343 g/mol. The molecular formula is C20H22FNO3. The van der Waals surface area contributed by atoms with Crippen LogP contribution in [0.3, 0.4) is 0 Å². The number of ketones is 1. The number of allylic oxidation sites excluding steroid dienone is 3. The molecule has 0 bridgehead atoms. The maximum absolute atomic E-state index is 14.0. The quantitative estimate of drug-likeness (QED) is 0.390. The summed E-state index contributed by atoms with van der Waals surface area (Å²) in [7, 11) is 1.75. The highest BCUT2D eigenvalue weighted by Crippen LogP contribution is 2.31. The minimum atomic E-state index is -1.27. The molecule has 2 atom stereocenters. The van der Waals surface area contributed by atoms with E-state index < -0.39 is 17.3 Å². The summed E-state index contributed by atoms with van der Waals surface area (Å²) in [6.45, 7) is 3.75. The topological polar surface area (TPSA) is 46.6 Å². The van der Waals surface area contributed by atoms with Crippen molar-refractivity contribution in [3.63, 3.8) is 0 Å². The van der Waals surface area contributed by atoms with Gasteiger partial charge in [-0.05, 0) is 37.1 Å². The molecule has 5 heteroatoms. The highest BCUT2D eigenvalue weighted by Gasteiger charge is 2.36. The zero-order valence-corrected chi connectivity index (χ0v) is 14.2. The lowest BCUT2D eigenvalue weighted by Crippen LogP contribution is -2.48. The maximum atomic E-state index is 14.0. The molecule has 0 radical (unpaired) electrons. The lowest BCUT2D eigenvalue weighted by atomic mass is 10.0. The smallest absolute Gasteiger partial charge is 0.213 e. The lowest BCUT2D eigenvalue weighted by Gasteiger charge is -2.40. The maximum Gasteiger partial charge on any atom is 0.213 e. The van der Waals surface area contributed by atoms with E-state index in [9.17, 15) is 14.0 Å². The van der Waals surface area contributed by atoms with Gasteiger partial charge in [0.05, 0.1) is 6.61 Å². The first-order valence-corrected chi connectivity index (χ1v) is 8.13. The number of carbonyl (C=O) groups excluding carboxylic acids is 2. The molecule has 0 heterocycles. The Morgan fingerprint density at radius 3 is 2.68 bits per heavy atom.